The Bertz CT molecular complexity index is 897. The fourth-order valence-electron chi connectivity index (χ4n) is 3.21. The van der Waals surface area contributed by atoms with Crippen molar-refractivity contribution >= 4 is 17.5 Å². The molecule has 0 aliphatic carbocycles. The van der Waals surface area contributed by atoms with Crippen molar-refractivity contribution in [3.63, 3.8) is 0 Å². The number of halogens is 1. The van der Waals surface area contributed by atoms with Crippen LogP contribution in [0.25, 0.3) is 0 Å². The number of nitrogens with zero attached hydrogens (tertiary/aromatic N) is 3. The second-order valence-electron chi connectivity index (χ2n) is 6.45. The Balaban J connectivity index is 1.59. The van der Waals surface area contributed by atoms with Crippen LogP contribution in [-0.2, 0) is 30.8 Å². The number of aryl methyl sites for hydroxylation is 1. The first kappa shape index (κ1) is 19.4. The summed E-state index contributed by atoms with van der Waals surface area (Å²) in [5.41, 5.74) is 2.38. The standard InChI is InChI=1S/C19H23ClN4O3/c1-3-24-12-22-16-10-23(7-6-15(16)19(24)26)11-18(25)21-9-13-8-14(20)4-5-17(13)27-2/h4-5,8,12H,3,6-7,9-11H2,1-2H3,(H,21,25). The average molecular weight is 391 g/mol. The molecule has 0 unspecified atom stereocenters. The largest absolute Gasteiger partial charge is 0.496 e. The number of aromatic nitrogens is 2. The lowest BCUT2D eigenvalue weighted by Gasteiger charge is -2.27. The van der Waals surface area contributed by atoms with Crippen molar-refractivity contribution in [1.82, 2.24) is 19.8 Å². The maximum atomic E-state index is 12.3. The Labute approximate surface area is 162 Å². The summed E-state index contributed by atoms with van der Waals surface area (Å²) in [6.07, 6.45) is 2.19. The van der Waals surface area contributed by atoms with Crippen LogP contribution in [0.2, 0.25) is 5.02 Å². The number of hydrogen-bond acceptors (Lipinski definition) is 5. The van der Waals surface area contributed by atoms with E-state index in [1.807, 2.05) is 11.8 Å². The van der Waals surface area contributed by atoms with E-state index < -0.39 is 0 Å². The monoisotopic (exact) mass is 390 g/mol. The van der Waals surface area contributed by atoms with Crippen molar-refractivity contribution in [3.05, 3.63) is 56.7 Å². The minimum Gasteiger partial charge on any atom is -0.496 e. The molecular weight excluding hydrogens is 368 g/mol. The predicted octanol–water partition coefficient (Wildman–Crippen LogP) is 1.60. The van der Waals surface area contributed by atoms with Crippen LogP contribution in [-0.4, -0.2) is 40.6 Å². The van der Waals surface area contributed by atoms with Gasteiger partial charge in [-0.3, -0.25) is 19.1 Å². The number of rotatable bonds is 6. The van der Waals surface area contributed by atoms with Gasteiger partial charge in [0.15, 0.2) is 0 Å². The summed E-state index contributed by atoms with van der Waals surface area (Å²) in [5.74, 6) is 0.588. The first-order valence-electron chi connectivity index (χ1n) is 8.90. The topological polar surface area (TPSA) is 76.5 Å². The summed E-state index contributed by atoms with van der Waals surface area (Å²) in [6.45, 7) is 4.28. The molecular formula is C19H23ClN4O3. The number of carbonyl (C=O) groups excluding carboxylic acids is 1. The fourth-order valence-corrected chi connectivity index (χ4v) is 3.41. The van der Waals surface area contributed by atoms with E-state index in [9.17, 15) is 9.59 Å². The third-order valence-electron chi connectivity index (χ3n) is 4.70. The summed E-state index contributed by atoms with van der Waals surface area (Å²) in [7, 11) is 1.58. The van der Waals surface area contributed by atoms with Crippen molar-refractivity contribution < 1.29 is 9.53 Å². The highest BCUT2D eigenvalue weighted by Gasteiger charge is 2.22. The van der Waals surface area contributed by atoms with Crippen molar-refractivity contribution in [2.45, 2.75) is 33.0 Å². The Morgan fingerprint density at radius 3 is 2.96 bits per heavy atom. The van der Waals surface area contributed by atoms with Crippen LogP contribution in [0, 0.1) is 0 Å². The average Bonchev–Trinajstić information content (AvgIpc) is 2.67. The van der Waals surface area contributed by atoms with Crippen molar-refractivity contribution in [2.24, 2.45) is 0 Å². The van der Waals surface area contributed by atoms with E-state index in [0.29, 0.717) is 43.4 Å². The van der Waals surface area contributed by atoms with E-state index >= 15 is 0 Å². The van der Waals surface area contributed by atoms with E-state index in [1.165, 1.54) is 0 Å². The molecule has 0 spiro atoms. The molecule has 1 aliphatic rings. The molecule has 0 atom stereocenters. The van der Waals surface area contributed by atoms with Crippen LogP contribution in [0.4, 0.5) is 0 Å². The van der Waals surface area contributed by atoms with Gasteiger partial charge < -0.3 is 10.1 Å². The van der Waals surface area contributed by atoms with Gasteiger partial charge in [-0.1, -0.05) is 11.6 Å². The number of carbonyl (C=O) groups is 1. The van der Waals surface area contributed by atoms with E-state index in [2.05, 4.69) is 10.3 Å². The minimum absolute atomic E-state index is 0.0275. The molecule has 27 heavy (non-hydrogen) atoms. The normalized spacial score (nSPS) is 13.9. The number of hydrogen-bond donors (Lipinski definition) is 1. The lowest BCUT2D eigenvalue weighted by molar-refractivity contribution is -0.122. The van der Waals surface area contributed by atoms with Gasteiger partial charge in [0.25, 0.3) is 5.56 Å². The molecule has 8 heteroatoms. The highest BCUT2D eigenvalue weighted by molar-refractivity contribution is 6.30. The van der Waals surface area contributed by atoms with Gasteiger partial charge in [-0.15, -0.1) is 0 Å². The molecule has 3 rings (SSSR count). The summed E-state index contributed by atoms with van der Waals surface area (Å²) in [5, 5.41) is 3.49. The van der Waals surface area contributed by atoms with Crippen LogP contribution >= 0.6 is 11.6 Å². The third-order valence-corrected chi connectivity index (χ3v) is 4.93. The smallest absolute Gasteiger partial charge is 0.256 e. The number of nitrogens with one attached hydrogen (secondary N) is 1. The molecule has 0 radical (unpaired) electrons. The lowest BCUT2D eigenvalue weighted by Crippen LogP contribution is -2.42. The number of fused-ring (bicyclic) bond motifs is 1. The minimum atomic E-state index is -0.0950. The zero-order chi connectivity index (χ0) is 19.4. The molecule has 1 N–H and O–H groups in total. The Morgan fingerprint density at radius 2 is 2.22 bits per heavy atom. The van der Waals surface area contributed by atoms with Crippen LogP contribution in [0.15, 0.2) is 29.3 Å². The molecule has 0 bridgehead atoms. The van der Waals surface area contributed by atoms with Gasteiger partial charge in [0.2, 0.25) is 5.91 Å². The van der Waals surface area contributed by atoms with Gasteiger partial charge in [0.05, 0.1) is 25.7 Å². The number of ether oxygens (including phenoxy) is 1. The Hall–Kier alpha value is -2.38. The Morgan fingerprint density at radius 1 is 1.41 bits per heavy atom. The first-order valence-corrected chi connectivity index (χ1v) is 9.28. The summed E-state index contributed by atoms with van der Waals surface area (Å²) < 4.78 is 6.90. The Kier molecular flexibility index (Phi) is 6.13. The SMILES string of the molecule is CCn1cnc2c(c1=O)CCN(CC(=O)NCc1cc(Cl)ccc1OC)C2. The molecule has 2 heterocycles. The number of benzene rings is 1. The van der Waals surface area contributed by atoms with Crippen molar-refractivity contribution in [1.29, 1.82) is 0 Å². The van der Waals surface area contributed by atoms with Crippen LogP contribution < -0.4 is 15.6 Å². The van der Waals surface area contributed by atoms with E-state index in [1.54, 1.807) is 36.2 Å². The van der Waals surface area contributed by atoms with Crippen LogP contribution in [0.5, 0.6) is 5.75 Å². The van der Waals surface area contributed by atoms with Gasteiger partial charge in [0.1, 0.15) is 5.75 Å². The highest BCUT2D eigenvalue weighted by atomic mass is 35.5. The molecule has 144 valence electrons. The quantitative estimate of drug-likeness (QED) is 0.810. The molecule has 1 amide bonds. The molecule has 7 nitrogen and oxygen atoms in total. The fraction of sp³-hybridized carbons (Fsp3) is 0.421. The molecule has 1 aliphatic heterocycles. The van der Waals surface area contributed by atoms with Gasteiger partial charge in [-0.2, -0.15) is 0 Å². The van der Waals surface area contributed by atoms with Crippen molar-refractivity contribution in [3.8, 4) is 5.75 Å². The molecule has 0 fully saturated rings. The van der Waals surface area contributed by atoms with E-state index in [4.69, 9.17) is 16.3 Å². The molecule has 1 aromatic carbocycles. The third kappa shape index (κ3) is 4.48. The van der Waals surface area contributed by atoms with E-state index in [0.717, 1.165) is 16.8 Å². The first-order chi connectivity index (χ1) is 13.0. The highest BCUT2D eigenvalue weighted by Crippen LogP contribution is 2.22. The summed E-state index contributed by atoms with van der Waals surface area (Å²) >= 11 is 6.02. The van der Waals surface area contributed by atoms with E-state index in [-0.39, 0.29) is 18.0 Å². The molecule has 2 aromatic rings. The van der Waals surface area contributed by atoms with Gasteiger partial charge in [-0.05, 0) is 31.5 Å². The zero-order valence-corrected chi connectivity index (χ0v) is 16.3. The number of amides is 1. The second-order valence-corrected chi connectivity index (χ2v) is 6.89. The second kappa shape index (κ2) is 8.54. The van der Waals surface area contributed by atoms with Gasteiger partial charge >= 0.3 is 0 Å². The zero-order valence-electron chi connectivity index (χ0n) is 15.5. The maximum Gasteiger partial charge on any atom is 0.256 e. The van der Waals surface area contributed by atoms with Gasteiger partial charge in [-0.25, -0.2) is 4.98 Å². The molecule has 0 saturated carbocycles. The summed E-state index contributed by atoms with van der Waals surface area (Å²) in [4.78, 5) is 31.0. The van der Waals surface area contributed by atoms with Crippen LogP contribution in [0.1, 0.15) is 23.7 Å². The van der Waals surface area contributed by atoms with Crippen molar-refractivity contribution in [2.75, 3.05) is 20.2 Å². The molecule has 1 aromatic heterocycles. The molecule has 0 saturated heterocycles. The van der Waals surface area contributed by atoms with Gasteiger partial charge in [0, 0.05) is 42.3 Å². The van der Waals surface area contributed by atoms with Crippen LogP contribution in [0.3, 0.4) is 0 Å². The number of methoxy groups -OCH3 is 1. The maximum absolute atomic E-state index is 12.3. The summed E-state index contributed by atoms with van der Waals surface area (Å²) in [6, 6.07) is 5.30. The lowest BCUT2D eigenvalue weighted by atomic mass is 10.1. The predicted molar refractivity (Wildman–Crippen MR) is 103 cm³/mol.